The molecule has 2 heterocycles. The van der Waals surface area contributed by atoms with E-state index in [1.807, 2.05) is 32.9 Å². The van der Waals surface area contributed by atoms with Crippen LogP contribution in [0.25, 0.3) is 5.76 Å². The first-order valence-corrected chi connectivity index (χ1v) is 10.3. The molecule has 1 aliphatic heterocycles. The molecule has 6 nitrogen and oxygen atoms in total. The molecule has 6 heteroatoms. The first-order valence-electron chi connectivity index (χ1n) is 10.3. The van der Waals surface area contributed by atoms with Gasteiger partial charge in [-0.05, 0) is 73.9 Å². The van der Waals surface area contributed by atoms with Gasteiger partial charge in [0.2, 0.25) is 0 Å². The minimum atomic E-state index is -0.848. The second-order valence-corrected chi connectivity index (χ2v) is 7.83. The van der Waals surface area contributed by atoms with Crippen LogP contribution in [0.4, 0.5) is 5.69 Å². The number of rotatable bonds is 4. The number of aliphatic hydroxyl groups is 1. The number of hydrogen-bond donors (Lipinski definition) is 1. The molecule has 0 bridgehead atoms. The second-order valence-electron chi connectivity index (χ2n) is 7.83. The van der Waals surface area contributed by atoms with Crippen molar-refractivity contribution >= 4 is 23.1 Å². The Morgan fingerprint density at radius 1 is 1.00 bits per heavy atom. The first kappa shape index (κ1) is 21.3. The summed E-state index contributed by atoms with van der Waals surface area (Å²) in [6.07, 6.45) is 1.61. The van der Waals surface area contributed by atoms with Crippen molar-refractivity contribution in [2.24, 2.45) is 0 Å². The normalized spacial score (nSPS) is 17.6. The Labute approximate surface area is 186 Å². The van der Waals surface area contributed by atoms with Crippen LogP contribution in [0.2, 0.25) is 0 Å². The molecule has 1 N–H and O–H groups in total. The van der Waals surface area contributed by atoms with Gasteiger partial charge in [0.15, 0.2) is 0 Å². The third kappa shape index (κ3) is 3.43. The summed E-state index contributed by atoms with van der Waals surface area (Å²) in [5, 5.41) is 11.2. The van der Waals surface area contributed by atoms with E-state index in [0.717, 1.165) is 16.7 Å². The molecule has 1 fully saturated rings. The molecule has 1 aliphatic rings. The maximum absolute atomic E-state index is 13.2. The highest BCUT2D eigenvalue weighted by Crippen LogP contribution is 2.43. The molecule has 1 amide bonds. The number of anilines is 1. The molecule has 0 radical (unpaired) electrons. The Bertz CT molecular complexity index is 1250. The molecule has 1 aromatic heterocycles. The Morgan fingerprint density at radius 3 is 2.44 bits per heavy atom. The van der Waals surface area contributed by atoms with Gasteiger partial charge in [-0.3, -0.25) is 19.5 Å². The van der Waals surface area contributed by atoms with Crippen LogP contribution in [0.5, 0.6) is 5.75 Å². The molecule has 32 heavy (non-hydrogen) atoms. The third-order valence-electron chi connectivity index (χ3n) is 5.92. The zero-order valence-corrected chi connectivity index (χ0v) is 18.4. The molecule has 0 aliphatic carbocycles. The molecule has 1 saturated heterocycles. The van der Waals surface area contributed by atoms with Crippen molar-refractivity contribution < 1.29 is 19.4 Å². The molecule has 4 rings (SSSR count). The molecule has 162 valence electrons. The van der Waals surface area contributed by atoms with Crippen LogP contribution >= 0.6 is 0 Å². The third-order valence-corrected chi connectivity index (χ3v) is 5.92. The van der Waals surface area contributed by atoms with Gasteiger partial charge in [0.05, 0.1) is 18.4 Å². The fraction of sp³-hybridized carbons (Fsp3) is 0.192. The minimum Gasteiger partial charge on any atom is -0.507 e. The number of aliphatic hydroxyl groups excluding tert-OH is 1. The Balaban J connectivity index is 1.96. The Kier molecular flexibility index (Phi) is 5.53. The number of carbonyl (C=O) groups excluding carboxylic acids is 2. The van der Waals surface area contributed by atoms with Gasteiger partial charge in [0, 0.05) is 17.4 Å². The standard InChI is InChI=1S/C26H24N2O4/c1-15-8-7-10-20(17(15)3)28-23(19-9-5-6-13-27-19)22(25(30)26(28)31)24(29)18-11-12-21(32-4)16(2)14-18/h5-14,23,29H,1-4H3/b24-22+. The summed E-state index contributed by atoms with van der Waals surface area (Å²) in [6, 6.07) is 15.2. The van der Waals surface area contributed by atoms with Crippen LogP contribution in [-0.2, 0) is 9.59 Å². The van der Waals surface area contributed by atoms with Crippen LogP contribution in [0.3, 0.4) is 0 Å². The SMILES string of the molecule is COc1ccc(/C(O)=C2\C(=O)C(=O)N(c3cccc(C)c3C)C2c2ccccn2)cc1C. The van der Waals surface area contributed by atoms with Crippen molar-refractivity contribution in [3.63, 3.8) is 0 Å². The molecule has 0 saturated carbocycles. The predicted octanol–water partition coefficient (Wildman–Crippen LogP) is 4.64. The molecule has 3 aromatic rings. The van der Waals surface area contributed by atoms with Gasteiger partial charge in [0.1, 0.15) is 17.6 Å². The summed E-state index contributed by atoms with van der Waals surface area (Å²) in [5.41, 5.74) is 4.25. The molecule has 1 atom stereocenters. The van der Waals surface area contributed by atoms with Gasteiger partial charge in [0.25, 0.3) is 11.7 Å². The zero-order valence-electron chi connectivity index (χ0n) is 18.4. The van der Waals surface area contributed by atoms with Crippen molar-refractivity contribution in [2.75, 3.05) is 12.0 Å². The lowest BCUT2D eigenvalue weighted by atomic mass is 9.97. The number of benzene rings is 2. The largest absolute Gasteiger partial charge is 0.507 e. The number of amides is 1. The Hall–Kier alpha value is -3.93. The lowest BCUT2D eigenvalue weighted by Gasteiger charge is -2.26. The predicted molar refractivity (Wildman–Crippen MR) is 123 cm³/mol. The van der Waals surface area contributed by atoms with E-state index in [4.69, 9.17) is 4.74 Å². The molecule has 0 spiro atoms. The number of ether oxygens (including phenoxy) is 1. The summed E-state index contributed by atoms with van der Waals surface area (Å²) in [7, 11) is 1.57. The van der Waals surface area contributed by atoms with Gasteiger partial charge in [-0.1, -0.05) is 18.2 Å². The quantitative estimate of drug-likeness (QED) is 0.372. The van der Waals surface area contributed by atoms with Gasteiger partial charge < -0.3 is 9.84 Å². The Morgan fingerprint density at radius 2 is 1.78 bits per heavy atom. The number of methoxy groups -OCH3 is 1. The van der Waals surface area contributed by atoms with Crippen LogP contribution in [-0.4, -0.2) is 28.9 Å². The lowest BCUT2D eigenvalue weighted by molar-refractivity contribution is -0.132. The zero-order chi connectivity index (χ0) is 23.0. The maximum Gasteiger partial charge on any atom is 0.300 e. The highest BCUT2D eigenvalue weighted by atomic mass is 16.5. The first-order chi connectivity index (χ1) is 15.3. The highest BCUT2D eigenvalue weighted by molar-refractivity contribution is 6.51. The van der Waals surface area contributed by atoms with E-state index in [-0.39, 0.29) is 11.3 Å². The molecule has 2 aromatic carbocycles. The van der Waals surface area contributed by atoms with Gasteiger partial charge in [-0.2, -0.15) is 0 Å². The van der Waals surface area contributed by atoms with Crippen molar-refractivity contribution in [2.45, 2.75) is 26.8 Å². The van der Waals surface area contributed by atoms with Crippen LogP contribution in [0.1, 0.15) is 34.0 Å². The number of pyridine rings is 1. The minimum absolute atomic E-state index is 0.0131. The summed E-state index contributed by atoms with van der Waals surface area (Å²) in [4.78, 5) is 32.3. The van der Waals surface area contributed by atoms with E-state index in [2.05, 4.69) is 4.98 Å². The molecular formula is C26H24N2O4. The van der Waals surface area contributed by atoms with E-state index in [9.17, 15) is 14.7 Å². The number of Topliss-reactive ketones (excluding diaryl/α,β-unsaturated/α-hetero) is 1. The van der Waals surface area contributed by atoms with E-state index >= 15 is 0 Å². The van der Waals surface area contributed by atoms with Gasteiger partial charge in [-0.25, -0.2) is 0 Å². The smallest absolute Gasteiger partial charge is 0.300 e. The molecular weight excluding hydrogens is 404 g/mol. The van der Waals surface area contributed by atoms with Crippen molar-refractivity contribution in [1.29, 1.82) is 0 Å². The fourth-order valence-corrected chi connectivity index (χ4v) is 4.08. The fourth-order valence-electron chi connectivity index (χ4n) is 4.08. The van der Waals surface area contributed by atoms with Gasteiger partial charge in [-0.15, -0.1) is 0 Å². The van der Waals surface area contributed by atoms with Crippen molar-refractivity contribution in [3.8, 4) is 5.75 Å². The number of carbonyl (C=O) groups is 2. The highest BCUT2D eigenvalue weighted by Gasteiger charge is 2.48. The molecule has 1 unspecified atom stereocenters. The average Bonchev–Trinajstić information content (AvgIpc) is 3.06. The topological polar surface area (TPSA) is 79.7 Å². The maximum atomic E-state index is 13.2. The number of nitrogens with zero attached hydrogens (tertiary/aromatic N) is 2. The number of hydrogen-bond acceptors (Lipinski definition) is 5. The van der Waals surface area contributed by atoms with E-state index in [1.165, 1.54) is 4.90 Å². The van der Waals surface area contributed by atoms with Crippen LogP contribution in [0, 0.1) is 20.8 Å². The summed E-state index contributed by atoms with van der Waals surface area (Å²) in [5.74, 6) is -1.01. The number of ketones is 1. The van der Waals surface area contributed by atoms with Gasteiger partial charge >= 0.3 is 0 Å². The van der Waals surface area contributed by atoms with Crippen molar-refractivity contribution in [3.05, 3.63) is 94.3 Å². The van der Waals surface area contributed by atoms with E-state index in [1.54, 1.807) is 55.8 Å². The average molecular weight is 428 g/mol. The number of aryl methyl sites for hydroxylation is 2. The van der Waals surface area contributed by atoms with Crippen molar-refractivity contribution in [1.82, 2.24) is 4.98 Å². The second kappa shape index (κ2) is 8.30. The summed E-state index contributed by atoms with van der Waals surface area (Å²) < 4.78 is 5.30. The number of aromatic nitrogens is 1. The van der Waals surface area contributed by atoms with E-state index in [0.29, 0.717) is 22.7 Å². The summed E-state index contributed by atoms with van der Waals surface area (Å²) in [6.45, 7) is 5.71. The van der Waals surface area contributed by atoms with E-state index < -0.39 is 17.7 Å². The monoisotopic (exact) mass is 428 g/mol. The van der Waals surface area contributed by atoms with Crippen LogP contribution < -0.4 is 9.64 Å². The van der Waals surface area contributed by atoms with Crippen LogP contribution in [0.15, 0.2) is 66.4 Å². The summed E-state index contributed by atoms with van der Waals surface area (Å²) >= 11 is 0. The lowest BCUT2D eigenvalue weighted by Crippen LogP contribution is -2.30.